The third kappa shape index (κ3) is 5.06. The molecule has 0 bridgehead atoms. The first-order chi connectivity index (χ1) is 4.31. The van der Waals surface area contributed by atoms with Crippen molar-refractivity contribution in [2.75, 3.05) is 13.2 Å². The van der Waals surface area contributed by atoms with Crippen LogP contribution in [0.3, 0.4) is 0 Å². The molecule has 0 rings (SSSR count). The number of carbonyl (C=O) groups is 1. The lowest BCUT2D eigenvalue weighted by molar-refractivity contribution is 0.0611. The molecule has 0 heterocycles. The highest BCUT2D eigenvalue weighted by Crippen LogP contribution is 1.86. The van der Waals surface area contributed by atoms with Crippen LogP contribution in [0.5, 0.6) is 0 Å². The summed E-state index contributed by atoms with van der Waals surface area (Å²) in [5, 5.41) is 0. The maximum atomic E-state index is 11.1. The zero-order valence-electron chi connectivity index (χ0n) is 5.09. The molecule has 0 aromatic heterocycles. The monoisotopic (exact) mass is 135 g/mol. The number of ether oxygens (including phenoxy) is 2. The Morgan fingerprint density at radius 1 is 1.67 bits per heavy atom. The standard InChI is InChI=1S/C5H8FO3/c1-2-8-5(7)9-4-3-6/h3H,2,4H2,1H3. The van der Waals surface area contributed by atoms with E-state index in [2.05, 4.69) is 9.47 Å². The van der Waals surface area contributed by atoms with Crippen LogP contribution in [0, 0.1) is 6.67 Å². The molecule has 0 aliphatic rings. The fourth-order valence-electron chi connectivity index (χ4n) is 0.259. The summed E-state index contributed by atoms with van der Waals surface area (Å²) in [6.45, 7) is 1.77. The third-order valence-corrected chi connectivity index (χ3v) is 0.526. The highest BCUT2D eigenvalue weighted by atomic mass is 19.1. The van der Waals surface area contributed by atoms with E-state index >= 15 is 0 Å². The van der Waals surface area contributed by atoms with Crippen LogP contribution < -0.4 is 0 Å². The summed E-state index contributed by atoms with van der Waals surface area (Å²) in [7, 11) is 0. The smallest absolute Gasteiger partial charge is 0.435 e. The zero-order valence-corrected chi connectivity index (χ0v) is 5.09. The third-order valence-electron chi connectivity index (χ3n) is 0.526. The highest BCUT2D eigenvalue weighted by molar-refractivity contribution is 5.59. The maximum absolute atomic E-state index is 11.1. The summed E-state index contributed by atoms with van der Waals surface area (Å²) in [5.41, 5.74) is 0. The molecular weight excluding hydrogens is 127 g/mol. The number of hydrogen-bond donors (Lipinski definition) is 0. The Morgan fingerprint density at radius 3 is 2.78 bits per heavy atom. The van der Waals surface area contributed by atoms with Gasteiger partial charge < -0.3 is 9.47 Å². The van der Waals surface area contributed by atoms with Gasteiger partial charge in [-0.2, -0.15) is 0 Å². The fraction of sp³-hybridized carbons (Fsp3) is 0.600. The van der Waals surface area contributed by atoms with Crippen LogP contribution >= 0.6 is 0 Å². The lowest BCUT2D eigenvalue weighted by Crippen LogP contribution is -2.07. The molecule has 0 aromatic carbocycles. The molecule has 0 atom stereocenters. The van der Waals surface area contributed by atoms with Crippen molar-refractivity contribution in [1.82, 2.24) is 0 Å². The van der Waals surface area contributed by atoms with Crippen molar-refractivity contribution in [2.45, 2.75) is 6.92 Å². The summed E-state index contributed by atoms with van der Waals surface area (Å²) in [5.74, 6) is 0. The zero-order chi connectivity index (χ0) is 7.11. The first kappa shape index (κ1) is 8.20. The Hall–Kier alpha value is -0.800. The predicted molar refractivity (Wildman–Crippen MR) is 28.4 cm³/mol. The van der Waals surface area contributed by atoms with Gasteiger partial charge in [0.2, 0.25) is 0 Å². The Kier molecular flexibility index (Phi) is 4.86. The molecule has 0 amide bonds. The summed E-state index contributed by atoms with van der Waals surface area (Å²) < 4.78 is 19.6. The van der Waals surface area contributed by atoms with E-state index < -0.39 is 6.16 Å². The molecule has 1 radical (unpaired) electrons. The number of rotatable bonds is 3. The van der Waals surface area contributed by atoms with Gasteiger partial charge in [0.15, 0.2) is 6.67 Å². The van der Waals surface area contributed by atoms with E-state index in [1.165, 1.54) is 0 Å². The van der Waals surface area contributed by atoms with Gasteiger partial charge in [0.05, 0.1) is 6.61 Å². The molecule has 0 aliphatic carbocycles. The van der Waals surface area contributed by atoms with Gasteiger partial charge in [0.25, 0.3) is 0 Å². The molecule has 9 heavy (non-hydrogen) atoms. The Balaban J connectivity index is 3.06. The average Bonchev–Trinajstić information content (AvgIpc) is 1.85. The molecule has 0 spiro atoms. The summed E-state index contributed by atoms with van der Waals surface area (Å²) in [6, 6.07) is 0. The van der Waals surface area contributed by atoms with Crippen LogP contribution in [0.25, 0.3) is 0 Å². The van der Waals surface area contributed by atoms with Crippen molar-refractivity contribution in [3.05, 3.63) is 6.67 Å². The quantitative estimate of drug-likeness (QED) is 0.547. The van der Waals surface area contributed by atoms with Crippen molar-refractivity contribution < 1.29 is 18.7 Å². The van der Waals surface area contributed by atoms with Crippen LogP contribution in [0.1, 0.15) is 6.92 Å². The second-order valence-corrected chi connectivity index (χ2v) is 1.15. The van der Waals surface area contributed by atoms with E-state index in [9.17, 15) is 9.18 Å². The molecule has 0 aromatic rings. The largest absolute Gasteiger partial charge is 0.508 e. The van der Waals surface area contributed by atoms with Crippen molar-refractivity contribution in [3.8, 4) is 0 Å². The molecule has 0 fully saturated rings. The Bertz CT molecular complexity index is 84.3. The first-order valence-corrected chi connectivity index (χ1v) is 2.52. The average molecular weight is 135 g/mol. The van der Waals surface area contributed by atoms with Gasteiger partial charge in [0.1, 0.15) is 6.61 Å². The lowest BCUT2D eigenvalue weighted by Gasteiger charge is -1.99. The van der Waals surface area contributed by atoms with Gasteiger partial charge in [-0.25, -0.2) is 9.18 Å². The molecule has 53 valence electrons. The maximum Gasteiger partial charge on any atom is 0.508 e. The van der Waals surface area contributed by atoms with Crippen LogP contribution in [0.4, 0.5) is 9.18 Å². The van der Waals surface area contributed by atoms with Crippen LogP contribution in [0.15, 0.2) is 0 Å². The van der Waals surface area contributed by atoms with Gasteiger partial charge in [-0.15, -0.1) is 0 Å². The van der Waals surface area contributed by atoms with Crippen molar-refractivity contribution in [3.63, 3.8) is 0 Å². The summed E-state index contributed by atoms with van der Waals surface area (Å²) in [4.78, 5) is 10.2. The van der Waals surface area contributed by atoms with Gasteiger partial charge >= 0.3 is 6.16 Å². The second-order valence-electron chi connectivity index (χ2n) is 1.15. The normalized spacial score (nSPS) is 8.67. The fourth-order valence-corrected chi connectivity index (χ4v) is 0.259. The van der Waals surface area contributed by atoms with E-state index in [4.69, 9.17) is 0 Å². The molecule has 4 heteroatoms. The van der Waals surface area contributed by atoms with Crippen molar-refractivity contribution >= 4 is 6.16 Å². The van der Waals surface area contributed by atoms with E-state index in [1.54, 1.807) is 6.92 Å². The minimum absolute atomic E-state index is 0.233. The van der Waals surface area contributed by atoms with Crippen LogP contribution in [-0.2, 0) is 9.47 Å². The second kappa shape index (κ2) is 5.34. The predicted octanol–water partition coefficient (Wildman–Crippen LogP) is 1.29. The number of hydrogen-bond acceptors (Lipinski definition) is 3. The Labute approximate surface area is 52.8 Å². The van der Waals surface area contributed by atoms with E-state index in [0.717, 1.165) is 0 Å². The molecule has 0 saturated heterocycles. The minimum atomic E-state index is -0.841. The van der Waals surface area contributed by atoms with Gasteiger partial charge in [-0.3, -0.25) is 0 Å². The van der Waals surface area contributed by atoms with E-state index in [-0.39, 0.29) is 19.9 Å². The molecule has 0 saturated carbocycles. The van der Waals surface area contributed by atoms with Crippen LogP contribution in [-0.4, -0.2) is 19.4 Å². The topological polar surface area (TPSA) is 35.5 Å². The van der Waals surface area contributed by atoms with Gasteiger partial charge in [-0.1, -0.05) is 0 Å². The van der Waals surface area contributed by atoms with Crippen LogP contribution in [0.2, 0.25) is 0 Å². The van der Waals surface area contributed by atoms with E-state index in [0.29, 0.717) is 0 Å². The minimum Gasteiger partial charge on any atom is -0.435 e. The molecule has 0 N–H and O–H groups in total. The SMILES string of the molecule is CCOC(=O)OC[CH]F. The van der Waals surface area contributed by atoms with Crippen molar-refractivity contribution in [1.29, 1.82) is 0 Å². The summed E-state index contributed by atoms with van der Waals surface area (Å²) >= 11 is 0. The molecule has 0 unspecified atom stereocenters. The molecular formula is C5H8FO3. The molecule has 0 aliphatic heterocycles. The Morgan fingerprint density at radius 2 is 2.33 bits per heavy atom. The molecule has 3 nitrogen and oxygen atoms in total. The van der Waals surface area contributed by atoms with E-state index in [1.807, 2.05) is 0 Å². The van der Waals surface area contributed by atoms with Gasteiger partial charge in [-0.05, 0) is 6.92 Å². The van der Waals surface area contributed by atoms with Gasteiger partial charge in [0, 0.05) is 0 Å². The number of carbonyl (C=O) groups excluding carboxylic acids is 1. The lowest BCUT2D eigenvalue weighted by atomic mass is 10.8. The summed E-state index contributed by atoms with van der Waals surface area (Å²) in [6.07, 6.45) is -0.841. The van der Waals surface area contributed by atoms with Crippen molar-refractivity contribution in [2.24, 2.45) is 0 Å². The number of halogens is 1. The highest BCUT2D eigenvalue weighted by Gasteiger charge is 1.99. The first-order valence-electron chi connectivity index (χ1n) is 2.52.